The molecule has 0 spiro atoms. The van der Waals surface area contributed by atoms with E-state index in [2.05, 4.69) is 49.7 Å². The van der Waals surface area contributed by atoms with Crippen LogP contribution in [0, 0.1) is 0 Å². The van der Waals surface area contributed by atoms with Gasteiger partial charge in [0, 0.05) is 30.2 Å². The highest BCUT2D eigenvalue weighted by molar-refractivity contribution is 5.86. The smallest absolute Gasteiger partial charge is 0.229 e. The van der Waals surface area contributed by atoms with Gasteiger partial charge in [0.1, 0.15) is 5.52 Å². The van der Waals surface area contributed by atoms with Crippen LogP contribution in [0.1, 0.15) is 11.1 Å². The fraction of sp³-hybridized carbons (Fsp3) is 0.136. The standard InChI is InChI=1S/C22H18N6O/c1-2-4-16-13-28(9-7-14(16)3-1)21-20-18(8-10-29-20)25-22(26-21)24-17-6-5-15-12-23-27-19(15)11-17/h1-6,8,10-12H,7,9,13H2,(H,23,27)(H,24,25,26). The van der Waals surface area contributed by atoms with Crippen LogP contribution in [0.5, 0.6) is 0 Å². The highest BCUT2D eigenvalue weighted by Gasteiger charge is 2.22. The van der Waals surface area contributed by atoms with E-state index in [4.69, 9.17) is 9.40 Å². The number of aromatic amines is 1. The van der Waals surface area contributed by atoms with E-state index in [0.29, 0.717) is 5.95 Å². The molecule has 1 aliphatic rings. The molecule has 4 heterocycles. The Morgan fingerprint density at radius 1 is 1.03 bits per heavy atom. The maximum Gasteiger partial charge on any atom is 0.229 e. The van der Waals surface area contributed by atoms with E-state index in [-0.39, 0.29) is 0 Å². The molecular formula is C22H18N6O. The molecule has 7 heteroatoms. The van der Waals surface area contributed by atoms with Gasteiger partial charge in [-0.2, -0.15) is 10.1 Å². The predicted octanol–water partition coefficient (Wildman–Crippen LogP) is 4.41. The number of fused-ring (bicyclic) bond motifs is 3. The van der Waals surface area contributed by atoms with Crippen LogP contribution in [0.2, 0.25) is 0 Å². The lowest BCUT2D eigenvalue weighted by molar-refractivity contribution is 0.607. The van der Waals surface area contributed by atoms with E-state index < -0.39 is 0 Å². The van der Waals surface area contributed by atoms with Gasteiger partial charge in [-0.05, 0) is 35.7 Å². The van der Waals surface area contributed by atoms with Crippen molar-refractivity contribution in [2.75, 3.05) is 16.8 Å². The van der Waals surface area contributed by atoms with Crippen molar-refractivity contribution in [3.8, 4) is 0 Å². The van der Waals surface area contributed by atoms with Crippen molar-refractivity contribution >= 4 is 39.5 Å². The molecule has 6 rings (SSSR count). The number of aromatic nitrogens is 4. The second-order valence-corrected chi connectivity index (χ2v) is 7.24. The summed E-state index contributed by atoms with van der Waals surface area (Å²) in [6, 6.07) is 16.5. The molecule has 0 fully saturated rings. The normalized spacial score (nSPS) is 13.7. The Bertz CT molecular complexity index is 1340. The Labute approximate surface area is 166 Å². The van der Waals surface area contributed by atoms with Crippen molar-refractivity contribution < 1.29 is 4.42 Å². The monoisotopic (exact) mass is 382 g/mol. The van der Waals surface area contributed by atoms with Crippen LogP contribution in [0.3, 0.4) is 0 Å². The third kappa shape index (κ3) is 2.79. The molecule has 7 nitrogen and oxygen atoms in total. The molecule has 2 N–H and O–H groups in total. The summed E-state index contributed by atoms with van der Waals surface area (Å²) in [7, 11) is 0. The topological polar surface area (TPSA) is 82.9 Å². The number of rotatable bonds is 3. The Morgan fingerprint density at radius 2 is 1.97 bits per heavy atom. The molecule has 0 atom stereocenters. The van der Waals surface area contributed by atoms with Gasteiger partial charge in [0.05, 0.1) is 18.0 Å². The first-order valence-electron chi connectivity index (χ1n) is 9.61. The lowest BCUT2D eigenvalue weighted by atomic mass is 10.00. The van der Waals surface area contributed by atoms with Crippen molar-refractivity contribution in [1.29, 1.82) is 0 Å². The third-order valence-electron chi connectivity index (χ3n) is 5.41. The lowest BCUT2D eigenvalue weighted by Crippen LogP contribution is -2.31. The van der Waals surface area contributed by atoms with Crippen molar-refractivity contribution in [3.63, 3.8) is 0 Å². The molecule has 0 saturated carbocycles. The van der Waals surface area contributed by atoms with Crippen LogP contribution >= 0.6 is 0 Å². The average Bonchev–Trinajstić information content (AvgIpc) is 3.41. The summed E-state index contributed by atoms with van der Waals surface area (Å²) in [6.45, 7) is 1.70. The summed E-state index contributed by atoms with van der Waals surface area (Å²) < 4.78 is 5.73. The van der Waals surface area contributed by atoms with Gasteiger partial charge in [-0.15, -0.1) is 0 Å². The molecule has 5 aromatic rings. The predicted molar refractivity (Wildman–Crippen MR) is 112 cm³/mol. The number of anilines is 3. The number of benzene rings is 2. The minimum absolute atomic E-state index is 0.548. The van der Waals surface area contributed by atoms with E-state index in [1.54, 1.807) is 12.5 Å². The van der Waals surface area contributed by atoms with E-state index >= 15 is 0 Å². The second kappa shape index (κ2) is 6.34. The summed E-state index contributed by atoms with van der Waals surface area (Å²) in [5, 5.41) is 11.5. The summed E-state index contributed by atoms with van der Waals surface area (Å²) >= 11 is 0. The Balaban J connectivity index is 1.38. The minimum Gasteiger partial charge on any atom is -0.459 e. The van der Waals surface area contributed by atoms with Gasteiger partial charge >= 0.3 is 0 Å². The summed E-state index contributed by atoms with van der Waals surface area (Å²) in [4.78, 5) is 11.7. The van der Waals surface area contributed by atoms with Crippen LogP contribution in [0.25, 0.3) is 22.0 Å². The maximum atomic E-state index is 5.73. The highest BCUT2D eigenvalue weighted by atomic mass is 16.3. The zero-order valence-corrected chi connectivity index (χ0v) is 15.6. The molecule has 2 aromatic carbocycles. The molecule has 0 unspecified atom stereocenters. The van der Waals surface area contributed by atoms with E-state index in [9.17, 15) is 0 Å². The number of furan rings is 1. The fourth-order valence-corrected chi connectivity index (χ4v) is 3.94. The van der Waals surface area contributed by atoms with Gasteiger partial charge in [-0.25, -0.2) is 4.98 Å². The first-order chi connectivity index (χ1) is 14.3. The first kappa shape index (κ1) is 16.1. The van der Waals surface area contributed by atoms with Gasteiger partial charge in [0.2, 0.25) is 5.95 Å². The SMILES string of the molecule is c1ccc2c(c1)CCN(c1nc(Nc3ccc4cn[nH]c4c3)nc3ccoc13)C2. The maximum absolute atomic E-state index is 5.73. The van der Waals surface area contributed by atoms with Crippen LogP contribution in [-0.2, 0) is 13.0 Å². The molecule has 0 bridgehead atoms. The molecule has 0 saturated heterocycles. The number of nitrogens with one attached hydrogen (secondary N) is 2. The molecule has 29 heavy (non-hydrogen) atoms. The zero-order valence-electron chi connectivity index (χ0n) is 15.6. The highest BCUT2D eigenvalue weighted by Crippen LogP contribution is 2.31. The van der Waals surface area contributed by atoms with E-state index in [1.165, 1.54) is 11.1 Å². The number of hydrogen-bond acceptors (Lipinski definition) is 6. The molecule has 0 radical (unpaired) electrons. The third-order valence-corrected chi connectivity index (χ3v) is 5.41. The Kier molecular flexibility index (Phi) is 3.52. The van der Waals surface area contributed by atoms with Crippen LogP contribution in [-0.4, -0.2) is 26.7 Å². The summed E-state index contributed by atoms with van der Waals surface area (Å²) in [5.41, 5.74) is 6.11. The van der Waals surface area contributed by atoms with Crippen molar-refractivity contribution in [3.05, 3.63) is 72.1 Å². The van der Waals surface area contributed by atoms with E-state index in [0.717, 1.165) is 53.0 Å². The molecule has 3 aromatic heterocycles. The lowest BCUT2D eigenvalue weighted by Gasteiger charge is -2.29. The van der Waals surface area contributed by atoms with E-state index in [1.807, 2.05) is 24.3 Å². The quantitative estimate of drug-likeness (QED) is 0.481. The molecule has 1 aliphatic heterocycles. The summed E-state index contributed by atoms with van der Waals surface area (Å²) in [6.07, 6.45) is 4.46. The molecule has 142 valence electrons. The average molecular weight is 382 g/mol. The van der Waals surface area contributed by atoms with Crippen LogP contribution in [0.4, 0.5) is 17.5 Å². The summed E-state index contributed by atoms with van der Waals surface area (Å²) in [5.74, 6) is 1.37. The zero-order chi connectivity index (χ0) is 19.2. The fourth-order valence-electron chi connectivity index (χ4n) is 3.94. The second-order valence-electron chi connectivity index (χ2n) is 7.24. The van der Waals surface area contributed by atoms with Crippen molar-refractivity contribution in [1.82, 2.24) is 20.2 Å². The number of nitrogens with zero attached hydrogens (tertiary/aromatic N) is 4. The van der Waals surface area contributed by atoms with Gasteiger partial charge in [-0.1, -0.05) is 24.3 Å². The molecular weight excluding hydrogens is 364 g/mol. The largest absolute Gasteiger partial charge is 0.459 e. The first-order valence-corrected chi connectivity index (χ1v) is 9.61. The minimum atomic E-state index is 0.548. The Hall–Kier alpha value is -3.87. The van der Waals surface area contributed by atoms with Gasteiger partial charge < -0.3 is 14.6 Å². The number of hydrogen-bond donors (Lipinski definition) is 2. The molecule has 0 aliphatic carbocycles. The van der Waals surface area contributed by atoms with Crippen molar-refractivity contribution in [2.24, 2.45) is 0 Å². The van der Waals surface area contributed by atoms with Crippen molar-refractivity contribution in [2.45, 2.75) is 13.0 Å². The van der Waals surface area contributed by atoms with Gasteiger partial charge in [0.15, 0.2) is 11.4 Å². The molecule has 0 amide bonds. The van der Waals surface area contributed by atoms with Gasteiger partial charge in [-0.3, -0.25) is 5.10 Å². The van der Waals surface area contributed by atoms with Crippen LogP contribution < -0.4 is 10.2 Å². The Morgan fingerprint density at radius 3 is 2.93 bits per heavy atom. The van der Waals surface area contributed by atoms with Gasteiger partial charge in [0.25, 0.3) is 0 Å². The van der Waals surface area contributed by atoms with Crippen LogP contribution in [0.15, 0.2) is 65.4 Å². The number of H-pyrrole nitrogens is 1.